The highest BCUT2D eigenvalue weighted by molar-refractivity contribution is 5.38. The number of nitroso groups, excluding NO2 is 1. The second kappa shape index (κ2) is 7.34. The third kappa shape index (κ3) is 4.65. The molecule has 0 atom stereocenters. The molecule has 1 aromatic heterocycles. The molecule has 0 aliphatic carbocycles. The summed E-state index contributed by atoms with van der Waals surface area (Å²) in [5, 5.41) is 7.15. The normalized spacial score (nSPS) is 11.3. The van der Waals surface area contributed by atoms with E-state index < -0.39 is 6.36 Å². The van der Waals surface area contributed by atoms with Crippen LogP contribution in [0.3, 0.4) is 0 Å². The van der Waals surface area contributed by atoms with Crippen LogP contribution in [0.1, 0.15) is 11.4 Å². The molecule has 0 saturated carbocycles. The number of benzene rings is 2. The Labute approximate surface area is 146 Å². The Morgan fingerprint density at radius 2 is 1.69 bits per heavy atom. The van der Waals surface area contributed by atoms with Gasteiger partial charge in [0.1, 0.15) is 17.8 Å². The highest BCUT2D eigenvalue weighted by atomic mass is 19.4. The van der Waals surface area contributed by atoms with Gasteiger partial charge in [0.2, 0.25) is 0 Å². The number of hydrogen-bond donors (Lipinski definition) is 0. The number of aryl methyl sites for hydroxylation is 2. The maximum atomic E-state index is 12.2. The van der Waals surface area contributed by atoms with E-state index in [1.807, 2.05) is 12.1 Å². The van der Waals surface area contributed by atoms with Gasteiger partial charge >= 0.3 is 6.36 Å². The zero-order valence-electron chi connectivity index (χ0n) is 13.3. The number of halogens is 3. The molecule has 2 aromatic carbocycles. The Morgan fingerprint density at radius 1 is 1.00 bits per heavy atom. The first-order chi connectivity index (χ1) is 12.4. The quantitative estimate of drug-likeness (QED) is 0.612. The number of ether oxygens (including phenoxy) is 1. The van der Waals surface area contributed by atoms with E-state index in [1.54, 1.807) is 12.1 Å². The second-order valence-corrected chi connectivity index (χ2v) is 5.40. The molecule has 0 bridgehead atoms. The second-order valence-electron chi connectivity index (χ2n) is 5.40. The average molecular weight is 362 g/mol. The summed E-state index contributed by atoms with van der Waals surface area (Å²) in [6.45, 7) is 0. The number of alkyl halides is 3. The Kier molecular flexibility index (Phi) is 4.97. The SMILES string of the molecule is O=Nc1ccc(CCc2ncn(-c3ccc(OC(F)(F)F)cc3)n2)cc1. The number of rotatable bonds is 6. The molecular formula is C17H13F3N4O2. The summed E-state index contributed by atoms with van der Waals surface area (Å²) in [6, 6.07) is 12.3. The van der Waals surface area contributed by atoms with Crippen molar-refractivity contribution in [2.45, 2.75) is 19.2 Å². The summed E-state index contributed by atoms with van der Waals surface area (Å²) in [4.78, 5) is 14.6. The lowest BCUT2D eigenvalue weighted by molar-refractivity contribution is -0.274. The fraction of sp³-hybridized carbons (Fsp3) is 0.176. The fourth-order valence-electron chi connectivity index (χ4n) is 2.32. The molecule has 3 rings (SSSR count). The highest BCUT2D eigenvalue weighted by Crippen LogP contribution is 2.23. The molecular weight excluding hydrogens is 349 g/mol. The molecule has 0 saturated heterocycles. The topological polar surface area (TPSA) is 69.4 Å². The van der Waals surface area contributed by atoms with Crippen molar-refractivity contribution in [2.75, 3.05) is 0 Å². The van der Waals surface area contributed by atoms with Crippen molar-refractivity contribution in [3.8, 4) is 11.4 Å². The lowest BCUT2D eigenvalue weighted by atomic mass is 10.1. The molecule has 6 nitrogen and oxygen atoms in total. The summed E-state index contributed by atoms with van der Waals surface area (Å²) in [6.07, 6.45) is -1.96. The third-order valence-electron chi connectivity index (χ3n) is 3.55. The van der Waals surface area contributed by atoms with Crippen LogP contribution in [0.5, 0.6) is 5.75 Å². The van der Waals surface area contributed by atoms with E-state index in [0.29, 0.717) is 30.0 Å². The maximum absolute atomic E-state index is 12.2. The van der Waals surface area contributed by atoms with Crippen molar-refractivity contribution in [2.24, 2.45) is 5.18 Å². The molecule has 0 N–H and O–H groups in total. The van der Waals surface area contributed by atoms with E-state index in [1.165, 1.54) is 35.3 Å². The van der Waals surface area contributed by atoms with Gasteiger partial charge in [0.25, 0.3) is 0 Å². The van der Waals surface area contributed by atoms with E-state index in [2.05, 4.69) is 20.0 Å². The Morgan fingerprint density at radius 3 is 2.31 bits per heavy atom. The van der Waals surface area contributed by atoms with Crippen LogP contribution in [-0.4, -0.2) is 21.1 Å². The smallest absolute Gasteiger partial charge is 0.406 e. The molecule has 1 heterocycles. The maximum Gasteiger partial charge on any atom is 0.573 e. The largest absolute Gasteiger partial charge is 0.573 e. The van der Waals surface area contributed by atoms with E-state index in [9.17, 15) is 18.1 Å². The summed E-state index contributed by atoms with van der Waals surface area (Å²) >= 11 is 0. The molecule has 134 valence electrons. The molecule has 0 spiro atoms. The number of aromatic nitrogens is 3. The van der Waals surface area contributed by atoms with Crippen LogP contribution in [0.25, 0.3) is 5.69 Å². The van der Waals surface area contributed by atoms with Gasteiger partial charge in [-0.05, 0) is 53.6 Å². The molecule has 0 aliphatic heterocycles. The first-order valence-corrected chi connectivity index (χ1v) is 7.62. The minimum absolute atomic E-state index is 0.296. The van der Waals surface area contributed by atoms with E-state index in [4.69, 9.17) is 0 Å². The molecule has 0 aliphatic rings. The van der Waals surface area contributed by atoms with Crippen LogP contribution in [0.15, 0.2) is 60.0 Å². The molecule has 0 amide bonds. The predicted molar refractivity (Wildman–Crippen MR) is 87.3 cm³/mol. The minimum Gasteiger partial charge on any atom is -0.406 e. The van der Waals surface area contributed by atoms with Crippen LogP contribution in [-0.2, 0) is 12.8 Å². The van der Waals surface area contributed by atoms with Crippen molar-refractivity contribution >= 4 is 5.69 Å². The lowest BCUT2D eigenvalue weighted by Crippen LogP contribution is -2.17. The zero-order valence-corrected chi connectivity index (χ0v) is 13.3. The van der Waals surface area contributed by atoms with Crippen LogP contribution < -0.4 is 4.74 Å². The molecule has 9 heteroatoms. The Balaban J connectivity index is 1.62. The third-order valence-corrected chi connectivity index (χ3v) is 3.55. The van der Waals surface area contributed by atoms with E-state index in [0.717, 1.165) is 5.56 Å². The first-order valence-electron chi connectivity index (χ1n) is 7.62. The van der Waals surface area contributed by atoms with Crippen molar-refractivity contribution in [3.05, 3.63) is 71.2 Å². The van der Waals surface area contributed by atoms with Gasteiger partial charge in [-0.3, -0.25) is 0 Å². The fourth-order valence-corrected chi connectivity index (χ4v) is 2.32. The van der Waals surface area contributed by atoms with Crippen molar-refractivity contribution in [3.63, 3.8) is 0 Å². The minimum atomic E-state index is -4.72. The number of hydrogen-bond acceptors (Lipinski definition) is 5. The van der Waals surface area contributed by atoms with Crippen molar-refractivity contribution in [1.82, 2.24) is 14.8 Å². The number of nitrogens with zero attached hydrogens (tertiary/aromatic N) is 4. The van der Waals surface area contributed by atoms with Gasteiger partial charge in [-0.1, -0.05) is 12.1 Å². The summed E-state index contributed by atoms with van der Waals surface area (Å²) in [5.41, 5.74) is 1.95. The molecule has 0 fully saturated rings. The standard InChI is InChI=1S/C17H13F3N4O2/c18-17(19,20)26-15-8-6-14(7-9-15)24-11-21-16(22-24)10-3-12-1-4-13(23-25)5-2-12/h1-2,4-9,11H,3,10H2. The molecule has 26 heavy (non-hydrogen) atoms. The van der Waals surface area contributed by atoms with Gasteiger partial charge in [0.15, 0.2) is 5.82 Å². The van der Waals surface area contributed by atoms with Gasteiger partial charge in [0, 0.05) is 6.42 Å². The Hall–Kier alpha value is -3.23. The van der Waals surface area contributed by atoms with Crippen LogP contribution in [0.2, 0.25) is 0 Å². The van der Waals surface area contributed by atoms with Gasteiger partial charge in [-0.15, -0.1) is 18.1 Å². The molecule has 3 aromatic rings. The van der Waals surface area contributed by atoms with Crippen molar-refractivity contribution < 1.29 is 17.9 Å². The Bertz CT molecular complexity index is 874. The van der Waals surface area contributed by atoms with E-state index in [-0.39, 0.29) is 5.75 Å². The van der Waals surface area contributed by atoms with Gasteiger partial charge < -0.3 is 4.74 Å². The first kappa shape index (κ1) is 17.6. The molecule has 0 radical (unpaired) electrons. The molecule has 0 unspecified atom stereocenters. The van der Waals surface area contributed by atoms with Gasteiger partial charge in [-0.25, -0.2) is 9.67 Å². The van der Waals surface area contributed by atoms with Crippen LogP contribution in [0.4, 0.5) is 18.9 Å². The van der Waals surface area contributed by atoms with Gasteiger partial charge in [-0.2, -0.15) is 5.10 Å². The van der Waals surface area contributed by atoms with Gasteiger partial charge in [0.05, 0.1) is 5.69 Å². The highest BCUT2D eigenvalue weighted by Gasteiger charge is 2.30. The monoisotopic (exact) mass is 362 g/mol. The van der Waals surface area contributed by atoms with Crippen LogP contribution in [0, 0.1) is 4.91 Å². The van der Waals surface area contributed by atoms with E-state index >= 15 is 0 Å². The lowest BCUT2D eigenvalue weighted by Gasteiger charge is -2.09. The zero-order chi connectivity index (χ0) is 18.6. The van der Waals surface area contributed by atoms with Crippen molar-refractivity contribution in [1.29, 1.82) is 0 Å². The van der Waals surface area contributed by atoms with Crippen LogP contribution >= 0.6 is 0 Å². The predicted octanol–water partition coefficient (Wildman–Crippen LogP) is 4.35. The summed E-state index contributed by atoms with van der Waals surface area (Å²) in [5.74, 6) is 0.299. The summed E-state index contributed by atoms with van der Waals surface area (Å²) in [7, 11) is 0. The summed E-state index contributed by atoms with van der Waals surface area (Å²) < 4.78 is 41.8. The average Bonchev–Trinajstić information content (AvgIpc) is 3.09.